The van der Waals surface area contributed by atoms with E-state index in [0.717, 1.165) is 36.5 Å². The fourth-order valence-electron chi connectivity index (χ4n) is 4.40. The molecule has 156 valence electrons. The molecule has 0 amide bonds. The Kier molecular flexibility index (Phi) is 5.07. The molecule has 1 aromatic heterocycles. The molecule has 2 fully saturated rings. The average molecular weight is 404 g/mol. The second kappa shape index (κ2) is 7.88. The highest BCUT2D eigenvalue weighted by Crippen LogP contribution is 2.45. The van der Waals surface area contributed by atoms with Crippen molar-refractivity contribution in [1.82, 2.24) is 15.5 Å². The summed E-state index contributed by atoms with van der Waals surface area (Å²) in [4.78, 5) is 4.78. The van der Waals surface area contributed by atoms with Gasteiger partial charge < -0.3 is 14.6 Å². The molecule has 0 bridgehead atoms. The fraction of sp³-hybridized carbons (Fsp3) is 0.440. The minimum absolute atomic E-state index is 0.00622. The van der Waals surface area contributed by atoms with Crippen molar-refractivity contribution in [2.75, 3.05) is 6.54 Å². The lowest BCUT2D eigenvalue weighted by atomic mass is 9.68. The maximum atomic E-state index is 5.72. The zero-order valence-electron chi connectivity index (χ0n) is 17.7. The minimum Gasteiger partial charge on any atom is -0.491 e. The molecule has 3 aromatic rings. The number of ether oxygens (including phenoxy) is 1. The van der Waals surface area contributed by atoms with Gasteiger partial charge in [0.05, 0.1) is 6.10 Å². The Morgan fingerprint density at radius 3 is 2.53 bits per heavy atom. The Morgan fingerprint density at radius 2 is 1.87 bits per heavy atom. The quantitative estimate of drug-likeness (QED) is 0.568. The monoisotopic (exact) mass is 403 g/mol. The van der Waals surface area contributed by atoms with Crippen LogP contribution in [-0.2, 0) is 5.41 Å². The highest BCUT2D eigenvalue weighted by Gasteiger charge is 2.46. The number of hydrogen-bond acceptors (Lipinski definition) is 5. The lowest BCUT2D eigenvalue weighted by molar-refractivity contribution is 0.211. The second-order valence-corrected chi connectivity index (χ2v) is 8.99. The van der Waals surface area contributed by atoms with Crippen LogP contribution in [0.2, 0.25) is 0 Å². The van der Waals surface area contributed by atoms with Crippen LogP contribution in [0.15, 0.2) is 59.1 Å². The molecule has 2 saturated carbocycles. The third-order valence-corrected chi connectivity index (χ3v) is 6.40. The molecule has 0 saturated heterocycles. The summed E-state index contributed by atoms with van der Waals surface area (Å²) in [6, 6.07) is 19.2. The van der Waals surface area contributed by atoms with Crippen molar-refractivity contribution in [3.05, 3.63) is 66.0 Å². The summed E-state index contributed by atoms with van der Waals surface area (Å²) in [5.74, 6) is 2.91. The summed E-state index contributed by atoms with van der Waals surface area (Å²) < 4.78 is 11.4. The van der Waals surface area contributed by atoms with Crippen LogP contribution in [0.1, 0.15) is 56.8 Å². The van der Waals surface area contributed by atoms with Gasteiger partial charge in [-0.25, -0.2) is 0 Å². The third-order valence-electron chi connectivity index (χ3n) is 6.40. The van der Waals surface area contributed by atoms with Crippen molar-refractivity contribution in [3.8, 4) is 17.2 Å². The van der Waals surface area contributed by atoms with Gasteiger partial charge in [-0.15, -0.1) is 0 Å². The highest BCUT2D eigenvalue weighted by molar-refractivity contribution is 5.54. The summed E-state index contributed by atoms with van der Waals surface area (Å²) in [5.41, 5.74) is 2.37. The molecule has 30 heavy (non-hydrogen) atoms. The van der Waals surface area contributed by atoms with Crippen molar-refractivity contribution in [1.29, 1.82) is 0 Å². The second-order valence-electron chi connectivity index (χ2n) is 8.99. The predicted octanol–water partition coefficient (Wildman–Crippen LogP) is 5.09. The smallest absolute Gasteiger partial charge is 0.257 e. The van der Waals surface area contributed by atoms with Gasteiger partial charge in [-0.05, 0) is 62.9 Å². The molecule has 2 aliphatic rings. The molecule has 2 atom stereocenters. The molecule has 2 aromatic carbocycles. The Labute approximate surface area is 177 Å². The number of nitrogens with zero attached hydrogens (tertiary/aromatic N) is 2. The zero-order valence-corrected chi connectivity index (χ0v) is 17.7. The van der Waals surface area contributed by atoms with E-state index in [1.807, 2.05) is 38.1 Å². The summed E-state index contributed by atoms with van der Waals surface area (Å²) in [6.45, 7) is 4.96. The molecule has 5 nitrogen and oxygen atoms in total. The largest absolute Gasteiger partial charge is 0.491 e. The first-order valence-electron chi connectivity index (χ1n) is 11.0. The van der Waals surface area contributed by atoms with Gasteiger partial charge in [0.1, 0.15) is 5.75 Å². The Hall–Kier alpha value is -2.66. The third kappa shape index (κ3) is 3.86. The molecular formula is C25H29N3O2. The molecule has 5 rings (SSSR count). The van der Waals surface area contributed by atoms with E-state index in [4.69, 9.17) is 14.2 Å². The molecule has 0 aliphatic heterocycles. The predicted molar refractivity (Wildman–Crippen MR) is 117 cm³/mol. The molecule has 2 aliphatic carbocycles. The summed E-state index contributed by atoms with van der Waals surface area (Å²) in [6.07, 6.45) is 4.82. The van der Waals surface area contributed by atoms with Gasteiger partial charge in [-0.2, -0.15) is 4.98 Å². The van der Waals surface area contributed by atoms with Crippen molar-refractivity contribution in [3.63, 3.8) is 0 Å². The first kappa shape index (κ1) is 19.3. The standard InChI is InChI=1S/C25H29N3O2/c1-17(2)29-20-11-9-19(10-12-20)23-27-24(28-30-23)25(13-6-14-25)16-26-22-15-21(22)18-7-4-3-5-8-18/h3-5,7-12,17,21-22,26H,6,13-16H2,1-2H3/t21-,22+/m1/s1. The van der Waals surface area contributed by atoms with Crippen LogP contribution in [0, 0.1) is 0 Å². The topological polar surface area (TPSA) is 60.2 Å². The maximum absolute atomic E-state index is 5.72. The van der Waals surface area contributed by atoms with Crippen LogP contribution in [-0.4, -0.2) is 28.8 Å². The van der Waals surface area contributed by atoms with Crippen LogP contribution in [0.3, 0.4) is 0 Å². The van der Waals surface area contributed by atoms with E-state index >= 15 is 0 Å². The molecule has 1 heterocycles. The number of rotatable bonds is 8. The molecule has 1 N–H and O–H groups in total. The first-order chi connectivity index (χ1) is 14.6. The van der Waals surface area contributed by atoms with Gasteiger partial charge in [0.25, 0.3) is 5.89 Å². The van der Waals surface area contributed by atoms with E-state index in [9.17, 15) is 0 Å². The SMILES string of the molecule is CC(C)Oc1ccc(-c2nc(C3(CN[C@H]4C[C@@H]4c4ccccc4)CCC3)no2)cc1. The van der Waals surface area contributed by atoms with Crippen molar-refractivity contribution >= 4 is 0 Å². The zero-order chi connectivity index (χ0) is 20.6. The minimum atomic E-state index is 0.00622. The van der Waals surface area contributed by atoms with E-state index in [1.54, 1.807) is 0 Å². The lowest BCUT2D eigenvalue weighted by Gasteiger charge is -2.39. The van der Waals surface area contributed by atoms with E-state index in [2.05, 4.69) is 40.8 Å². The molecule has 5 heteroatoms. The summed E-state index contributed by atoms with van der Waals surface area (Å²) in [7, 11) is 0. The number of aromatic nitrogens is 2. The van der Waals surface area contributed by atoms with Crippen molar-refractivity contribution in [2.45, 2.75) is 63.0 Å². The fourth-order valence-corrected chi connectivity index (χ4v) is 4.40. The molecule has 0 unspecified atom stereocenters. The van der Waals surface area contributed by atoms with Gasteiger partial charge >= 0.3 is 0 Å². The molecule has 0 spiro atoms. The van der Waals surface area contributed by atoms with E-state index < -0.39 is 0 Å². The van der Waals surface area contributed by atoms with Gasteiger partial charge in [0.15, 0.2) is 5.82 Å². The summed E-state index contributed by atoms with van der Waals surface area (Å²) >= 11 is 0. The van der Waals surface area contributed by atoms with Gasteiger partial charge in [0, 0.05) is 29.5 Å². The average Bonchev–Trinajstić information content (AvgIpc) is 3.34. The Balaban J connectivity index is 1.24. The molecule has 0 radical (unpaired) electrons. The van der Waals surface area contributed by atoms with Gasteiger partial charge in [-0.3, -0.25) is 0 Å². The maximum Gasteiger partial charge on any atom is 0.257 e. The van der Waals surface area contributed by atoms with Crippen molar-refractivity contribution in [2.24, 2.45) is 0 Å². The number of benzene rings is 2. The number of nitrogens with one attached hydrogen (secondary N) is 1. The normalized spacial score (nSPS) is 22.0. The highest BCUT2D eigenvalue weighted by atomic mass is 16.5. The van der Waals surface area contributed by atoms with Crippen LogP contribution >= 0.6 is 0 Å². The van der Waals surface area contributed by atoms with Gasteiger partial charge in [-0.1, -0.05) is 41.9 Å². The van der Waals surface area contributed by atoms with Gasteiger partial charge in [0.2, 0.25) is 0 Å². The van der Waals surface area contributed by atoms with Crippen molar-refractivity contribution < 1.29 is 9.26 Å². The first-order valence-corrected chi connectivity index (χ1v) is 11.0. The lowest BCUT2D eigenvalue weighted by Crippen LogP contribution is -2.45. The Bertz CT molecular complexity index is 977. The number of hydrogen-bond donors (Lipinski definition) is 1. The van der Waals surface area contributed by atoms with E-state index in [-0.39, 0.29) is 11.5 Å². The van der Waals surface area contributed by atoms with Crippen LogP contribution < -0.4 is 10.1 Å². The van der Waals surface area contributed by atoms with E-state index in [0.29, 0.717) is 17.9 Å². The van der Waals surface area contributed by atoms with Crippen LogP contribution in [0.25, 0.3) is 11.5 Å². The van der Waals surface area contributed by atoms with Crippen LogP contribution in [0.4, 0.5) is 0 Å². The Morgan fingerprint density at radius 1 is 1.10 bits per heavy atom. The van der Waals surface area contributed by atoms with Crippen LogP contribution in [0.5, 0.6) is 5.75 Å². The summed E-state index contributed by atoms with van der Waals surface area (Å²) in [5, 5.41) is 8.16. The molecular weight excluding hydrogens is 374 g/mol. The van der Waals surface area contributed by atoms with E-state index in [1.165, 1.54) is 18.4 Å².